The molecule has 2 aromatic heterocycles. The second-order valence-electron chi connectivity index (χ2n) is 5.37. The minimum Gasteiger partial charge on any atom is -0.369 e. The first-order chi connectivity index (χ1) is 10.0. The molecule has 0 bridgehead atoms. The van der Waals surface area contributed by atoms with Crippen molar-refractivity contribution in [2.75, 3.05) is 0 Å². The predicted octanol–water partition coefficient (Wildman–Crippen LogP) is 1.66. The summed E-state index contributed by atoms with van der Waals surface area (Å²) in [4.78, 5) is 12.3. The average molecular weight is 290 g/mol. The standard InChI is InChI=1S/C14H18N4O3/c1-7-4-10(21-18-7)6-15-14(19)13-11-5-8(2)20-9(3)12(11)16-17-13/h4,8-9H,5-6H2,1-3H3,(H,15,19)(H,16,17)/t8-,9+/m1/s1. The lowest BCUT2D eigenvalue weighted by Crippen LogP contribution is -2.27. The van der Waals surface area contributed by atoms with Crippen LogP contribution in [0.4, 0.5) is 0 Å². The first-order valence-corrected chi connectivity index (χ1v) is 6.97. The van der Waals surface area contributed by atoms with Gasteiger partial charge in [0.15, 0.2) is 11.5 Å². The summed E-state index contributed by atoms with van der Waals surface area (Å²) in [7, 11) is 0. The number of hydrogen-bond acceptors (Lipinski definition) is 5. The van der Waals surface area contributed by atoms with Crippen molar-refractivity contribution in [3.8, 4) is 0 Å². The molecule has 21 heavy (non-hydrogen) atoms. The molecular weight excluding hydrogens is 272 g/mol. The van der Waals surface area contributed by atoms with Crippen molar-refractivity contribution in [3.05, 3.63) is 34.5 Å². The fourth-order valence-electron chi connectivity index (χ4n) is 2.61. The molecule has 0 aliphatic carbocycles. The smallest absolute Gasteiger partial charge is 0.272 e. The van der Waals surface area contributed by atoms with E-state index < -0.39 is 0 Å². The van der Waals surface area contributed by atoms with Crippen molar-refractivity contribution in [2.45, 2.75) is 45.9 Å². The normalized spacial score (nSPS) is 21.1. The van der Waals surface area contributed by atoms with Gasteiger partial charge in [0.05, 0.1) is 30.1 Å². The van der Waals surface area contributed by atoms with Crippen LogP contribution >= 0.6 is 0 Å². The van der Waals surface area contributed by atoms with Crippen molar-refractivity contribution >= 4 is 5.91 Å². The highest BCUT2D eigenvalue weighted by Gasteiger charge is 2.29. The number of aromatic amines is 1. The zero-order valence-electron chi connectivity index (χ0n) is 12.3. The van der Waals surface area contributed by atoms with Crippen LogP contribution in [0.5, 0.6) is 0 Å². The number of hydrogen-bond donors (Lipinski definition) is 2. The third-order valence-electron chi connectivity index (χ3n) is 3.55. The molecule has 0 radical (unpaired) electrons. The highest BCUT2D eigenvalue weighted by Crippen LogP contribution is 2.29. The van der Waals surface area contributed by atoms with Crippen LogP contribution in [0.25, 0.3) is 0 Å². The monoisotopic (exact) mass is 290 g/mol. The molecule has 2 atom stereocenters. The summed E-state index contributed by atoms with van der Waals surface area (Å²) in [5, 5.41) is 13.6. The van der Waals surface area contributed by atoms with Gasteiger partial charge in [0.25, 0.3) is 5.91 Å². The summed E-state index contributed by atoms with van der Waals surface area (Å²) < 4.78 is 10.8. The van der Waals surface area contributed by atoms with Gasteiger partial charge in [-0.3, -0.25) is 9.89 Å². The Hall–Kier alpha value is -2.15. The number of fused-ring (bicyclic) bond motifs is 1. The van der Waals surface area contributed by atoms with E-state index in [2.05, 4.69) is 20.7 Å². The van der Waals surface area contributed by atoms with E-state index in [0.717, 1.165) is 17.0 Å². The first-order valence-electron chi connectivity index (χ1n) is 6.97. The van der Waals surface area contributed by atoms with Crippen LogP contribution in [0.3, 0.4) is 0 Å². The van der Waals surface area contributed by atoms with Gasteiger partial charge < -0.3 is 14.6 Å². The van der Waals surface area contributed by atoms with Crippen molar-refractivity contribution in [1.29, 1.82) is 0 Å². The van der Waals surface area contributed by atoms with E-state index in [1.165, 1.54) is 0 Å². The summed E-state index contributed by atoms with van der Waals surface area (Å²) >= 11 is 0. The Bertz CT molecular complexity index is 661. The van der Waals surface area contributed by atoms with Crippen LogP contribution in [-0.4, -0.2) is 27.4 Å². The lowest BCUT2D eigenvalue weighted by atomic mass is 9.99. The van der Waals surface area contributed by atoms with E-state index in [1.54, 1.807) is 6.07 Å². The fourth-order valence-corrected chi connectivity index (χ4v) is 2.61. The Morgan fingerprint density at radius 2 is 2.33 bits per heavy atom. The first kappa shape index (κ1) is 13.8. The Balaban J connectivity index is 1.73. The molecule has 0 spiro atoms. The quantitative estimate of drug-likeness (QED) is 0.896. The molecule has 0 fully saturated rings. The zero-order chi connectivity index (χ0) is 15.0. The fraction of sp³-hybridized carbons (Fsp3) is 0.500. The molecule has 2 aromatic rings. The molecule has 0 saturated heterocycles. The topological polar surface area (TPSA) is 93.0 Å². The molecule has 112 valence electrons. The van der Waals surface area contributed by atoms with Crippen LogP contribution in [0.2, 0.25) is 0 Å². The van der Waals surface area contributed by atoms with Gasteiger partial charge in [-0.15, -0.1) is 0 Å². The largest absolute Gasteiger partial charge is 0.369 e. The second-order valence-corrected chi connectivity index (χ2v) is 5.37. The van der Waals surface area contributed by atoms with E-state index >= 15 is 0 Å². The number of carbonyl (C=O) groups excluding carboxylic acids is 1. The Morgan fingerprint density at radius 1 is 1.52 bits per heavy atom. The number of aryl methyl sites for hydroxylation is 1. The number of ether oxygens (including phenoxy) is 1. The number of aromatic nitrogens is 3. The molecular formula is C14H18N4O3. The van der Waals surface area contributed by atoms with E-state index in [0.29, 0.717) is 24.4 Å². The van der Waals surface area contributed by atoms with Crippen LogP contribution in [-0.2, 0) is 17.7 Å². The minimum absolute atomic E-state index is 0.0743. The van der Waals surface area contributed by atoms with Crippen molar-refractivity contribution < 1.29 is 14.1 Å². The number of nitrogens with one attached hydrogen (secondary N) is 2. The van der Waals surface area contributed by atoms with Crippen molar-refractivity contribution in [2.24, 2.45) is 0 Å². The van der Waals surface area contributed by atoms with Crippen LogP contribution in [0, 0.1) is 6.92 Å². The van der Waals surface area contributed by atoms with Gasteiger partial charge >= 0.3 is 0 Å². The Kier molecular flexibility index (Phi) is 3.50. The van der Waals surface area contributed by atoms with Crippen LogP contribution < -0.4 is 5.32 Å². The maximum absolute atomic E-state index is 12.3. The molecule has 3 heterocycles. The lowest BCUT2D eigenvalue weighted by Gasteiger charge is -2.25. The molecule has 1 amide bonds. The van der Waals surface area contributed by atoms with Gasteiger partial charge in [0.1, 0.15) is 0 Å². The van der Waals surface area contributed by atoms with E-state index in [4.69, 9.17) is 9.26 Å². The molecule has 7 nitrogen and oxygen atoms in total. The molecule has 3 rings (SSSR count). The summed E-state index contributed by atoms with van der Waals surface area (Å²) in [6.07, 6.45) is 0.684. The molecule has 0 unspecified atom stereocenters. The second kappa shape index (κ2) is 5.33. The van der Waals surface area contributed by atoms with Gasteiger partial charge in [-0.2, -0.15) is 5.10 Å². The van der Waals surface area contributed by atoms with E-state index in [-0.39, 0.29) is 18.1 Å². The maximum Gasteiger partial charge on any atom is 0.272 e. The molecule has 7 heteroatoms. The number of rotatable bonds is 3. The number of amides is 1. The van der Waals surface area contributed by atoms with Crippen molar-refractivity contribution in [3.63, 3.8) is 0 Å². The molecule has 2 N–H and O–H groups in total. The zero-order valence-corrected chi connectivity index (χ0v) is 12.3. The van der Waals surface area contributed by atoms with Crippen LogP contribution in [0.1, 0.15) is 53.2 Å². The van der Waals surface area contributed by atoms with Gasteiger partial charge in [-0.25, -0.2) is 0 Å². The number of carbonyl (C=O) groups is 1. The minimum atomic E-state index is -0.220. The van der Waals surface area contributed by atoms with Gasteiger partial charge in [0, 0.05) is 18.1 Å². The molecule has 1 aliphatic rings. The summed E-state index contributed by atoms with van der Waals surface area (Å²) in [5.74, 6) is 0.401. The summed E-state index contributed by atoms with van der Waals surface area (Å²) in [5.41, 5.74) is 3.04. The van der Waals surface area contributed by atoms with Gasteiger partial charge in [-0.05, 0) is 20.8 Å². The number of nitrogens with zero attached hydrogens (tertiary/aromatic N) is 2. The highest BCUT2D eigenvalue weighted by molar-refractivity contribution is 5.94. The highest BCUT2D eigenvalue weighted by atomic mass is 16.5. The maximum atomic E-state index is 12.3. The summed E-state index contributed by atoms with van der Waals surface area (Å²) in [6.45, 7) is 6.07. The molecule has 1 aliphatic heterocycles. The molecule has 0 aromatic carbocycles. The third-order valence-corrected chi connectivity index (χ3v) is 3.55. The van der Waals surface area contributed by atoms with Gasteiger partial charge in [0.2, 0.25) is 0 Å². The van der Waals surface area contributed by atoms with Crippen LogP contribution in [0.15, 0.2) is 10.6 Å². The Labute approximate surface area is 122 Å². The van der Waals surface area contributed by atoms with E-state index in [9.17, 15) is 4.79 Å². The number of H-pyrrole nitrogens is 1. The van der Waals surface area contributed by atoms with Gasteiger partial charge in [-0.1, -0.05) is 5.16 Å². The predicted molar refractivity (Wildman–Crippen MR) is 73.7 cm³/mol. The third kappa shape index (κ3) is 2.69. The SMILES string of the molecule is Cc1cc(CNC(=O)c2n[nH]c3c2C[C@@H](C)O[C@H]3C)on1. The van der Waals surface area contributed by atoms with Crippen molar-refractivity contribution in [1.82, 2.24) is 20.7 Å². The average Bonchev–Trinajstić information content (AvgIpc) is 3.02. The summed E-state index contributed by atoms with van der Waals surface area (Å²) in [6, 6.07) is 1.79. The lowest BCUT2D eigenvalue weighted by molar-refractivity contribution is -0.00697. The van der Waals surface area contributed by atoms with E-state index in [1.807, 2.05) is 20.8 Å². The Morgan fingerprint density at radius 3 is 3.05 bits per heavy atom. The molecule has 0 saturated carbocycles.